The van der Waals surface area contributed by atoms with Crippen molar-refractivity contribution in [3.05, 3.63) is 17.3 Å². The Morgan fingerprint density at radius 3 is 2.76 bits per heavy atom. The molecule has 1 heterocycles. The molecule has 1 unspecified atom stereocenters. The lowest BCUT2D eigenvalue weighted by Gasteiger charge is -2.13. The van der Waals surface area contributed by atoms with E-state index in [-0.39, 0.29) is 0 Å². The highest BCUT2D eigenvalue weighted by Gasteiger charge is 2.08. The Hall–Kier alpha value is -0.910. The molecule has 0 aromatic carbocycles. The summed E-state index contributed by atoms with van der Waals surface area (Å²) >= 11 is 0. The van der Waals surface area contributed by atoms with Gasteiger partial charge in [-0.3, -0.25) is 0 Å². The maximum absolute atomic E-state index is 5.49. The summed E-state index contributed by atoms with van der Waals surface area (Å²) in [5.41, 5.74) is 0.967. The molecule has 0 spiro atoms. The van der Waals surface area contributed by atoms with Gasteiger partial charge in [-0.15, -0.1) is 0 Å². The summed E-state index contributed by atoms with van der Waals surface area (Å²) < 4.78 is 10.5. The van der Waals surface area contributed by atoms with Crippen LogP contribution in [0.4, 0.5) is 0 Å². The molecule has 0 fully saturated rings. The summed E-state index contributed by atoms with van der Waals surface area (Å²) in [6.45, 7) is 9.23. The van der Waals surface area contributed by atoms with Crippen molar-refractivity contribution >= 4 is 0 Å². The Morgan fingerprint density at radius 2 is 2.18 bits per heavy atom. The van der Waals surface area contributed by atoms with E-state index in [1.165, 1.54) is 0 Å². The summed E-state index contributed by atoms with van der Waals surface area (Å²) in [4.78, 5) is 4.24. The Kier molecular flexibility index (Phi) is 6.18. The van der Waals surface area contributed by atoms with Gasteiger partial charge in [-0.2, -0.15) is 0 Å². The molecule has 5 heteroatoms. The Bertz CT molecular complexity index is 326. The van der Waals surface area contributed by atoms with Gasteiger partial charge >= 0.3 is 0 Å². The van der Waals surface area contributed by atoms with Gasteiger partial charge in [-0.05, 0) is 13.8 Å². The van der Waals surface area contributed by atoms with Crippen LogP contribution in [-0.2, 0) is 11.3 Å². The van der Waals surface area contributed by atoms with E-state index in [1.54, 1.807) is 7.11 Å². The third-order valence-electron chi connectivity index (χ3n) is 2.54. The standard InChI is InChI=1S/C12H23N3O2/c1-9(7-13-5-6-16-4)14-8-12-10(2)15-11(3)17-12/h9,13-14H,5-8H2,1-4H3. The molecular formula is C12H23N3O2. The van der Waals surface area contributed by atoms with Crippen LogP contribution in [0.5, 0.6) is 0 Å². The van der Waals surface area contributed by atoms with Crippen LogP contribution in [0.15, 0.2) is 4.42 Å². The average Bonchev–Trinajstić information content (AvgIpc) is 2.61. The number of hydrogen-bond acceptors (Lipinski definition) is 5. The molecule has 0 amide bonds. The highest BCUT2D eigenvalue weighted by molar-refractivity contribution is 5.06. The first-order chi connectivity index (χ1) is 8.13. The van der Waals surface area contributed by atoms with E-state index in [4.69, 9.17) is 9.15 Å². The second kappa shape index (κ2) is 7.42. The molecule has 1 rings (SSSR count). The maximum atomic E-state index is 5.49. The molecule has 0 radical (unpaired) electrons. The molecule has 0 aliphatic heterocycles. The highest BCUT2D eigenvalue weighted by Crippen LogP contribution is 2.08. The number of aromatic nitrogens is 1. The second-order valence-corrected chi connectivity index (χ2v) is 4.22. The Morgan fingerprint density at radius 1 is 1.41 bits per heavy atom. The van der Waals surface area contributed by atoms with E-state index in [9.17, 15) is 0 Å². The van der Waals surface area contributed by atoms with Crippen LogP contribution in [0.3, 0.4) is 0 Å². The number of aryl methyl sites for hydroxylation is 2. The molecule has 0 aliphatic carbocycles. The van der Waals surface area contributed by atoms with Gasteiger partial charge in [0.15, 0.2) is 5.89 Å². The largest absolute Gasteiger partial charge is 0.444 e. The normalized spacial score (nSPS) is 12.9. The van der Waals surface area contributed by atoms with E-state index in [1.807, 2.05) is 13.8 Å². The predicted molar refractivity (Wildman–Crippen MR) is 67.0 cm³/mol. The van der Waals surface area contributed by atoms with Gasteiger partial charge in [0, 0.05) is 33.2 Å². The third-order valence-corrected chi connectivity index (χ3v) is 2.54. The monoisotopic (exact) mass is 241 g/mol. The number of nitrogens with one attached hydrogen (secondary N) is 2. The van der Waals surface area contributed by atoms with Crippen LogP contribution >= 0.6 is 0 Å². The number of oxazole rings is 1. The van der Waals surface area contributed by atoms with Crippen molar-refractivity contribution in [2.24, 2.45) is 0 Å². The van der Waals surface area contributed by atoms with Crippen molar-refractivity contribution in [3.8, 4) is 0 Å². The SMILES string of the molecule is COCCNCC(C)NCc1oc(C)nc1C. The molecule has 0 saturated carbocycles. The van der Waals surface area contributed by atoms with Crippen LogP contribution in [0.25, 0.3) is 0 Å². The van der Waals surface area contributed by atoms with Crippen LogP contribution in [0.2, 0.25) is 0 Å². The number of ether oxygens (including phenoxy) is 1. The number of rotatable bonds is 8. The second-order valence-electron chi connectivity index (χ2n) is 4.22. The summed E-state index contributed by atoms with van der Waals surface area (Å²) in [5.74, 6) is 1.65. The van der Waals surface area contributed by atoms with Crippen molar-refractivity contribution in [1.29, 1.82) is 0 Å². The summed E-state index contributed by atoms with van der Waals surface area (Å²) in [5, 5.41) is 6.70. The number of nitrogens with zero attached hydrogens (tertiary/aromatic N) is 1. The smallest absolute Gasteiger partial charge is 0.191 e. The fourth-order valence-electron chi connectivity index (χ4n) is 1.57. The minimum atomic E-state index is 0.386. The first kappa shape index (κ1) is 14.2. The van der Waals surface area contributed by atoms with E-state index in [2.05, 4.69) is 22.5 Å². The molecule has 5 nitrogen and oxygen atoms in total. The molecule has 1 aromatic heterocycles. The van der Waals surface area contributed by atoms with Crippen LogP contribution in [0.1, 0.15) is 24.3 Å². The van der Waals surface area contributed by atoms with Gasteiger partial charge in [0.25, 0.3) is 0 Å². The predicted octanol–water partition coefficient (Wildman–Crippen LogP) is 1.01. The number of methoxy groups -OCH3 is 1. The van der Waals surface area contributed by atoms with Gasteiger partial charge in [0.2, 0.25) is 0 Å². The van der Waals surface area contributed by atoms with Crippen molar-refractivity contribution in [1.82, 2.24) is 15.6 Å². The van der Waals surface area contributed by atoms with E-state index < -0.39 is 0 Å². The highest BCUT2D eigenvalue weighted by atomic mass is 16.5. The van der Waals surface area contributed by atoms with Gasteiger partial charge < -0.3 is 19.8 Å². The van der Waals surface area contributed by atoms with Gasteiger partial charge in [0.1, 0.15) is 5.76 Å². The van der Waals surface area contributed by atoms with Crippen molar-refractivity contribution in [2.75, 3.05) is 26.8 Å². The van der Waals surface area contributed by atoms with E-state index >= 15 is 0 Å². The molecule has 17 heavy (non-hydrogen) atoms. The Labute approximate surface area is 103 Å². The summed E-state index contributed by atoms with van der Waals surface area (Å²) in [6, 6.07) is 0.386. The Balaban J connectivity index is 2.19. The zero-order valence-corrected chi connectivity index (χ0v) is 11.2. The lowest BCUT2D eigenvalue weighted by atomic mass is 10.3. The maximum Gasteiger partial charge on any atom is 0.191 e. The molecule has 1 atom stereocenters. The van der Waals surface area contributed by atoms with E-state index in [0.29, 0.717) is 6.04 Å². The zero-order valence-electron chi connectivity index (χ0n) is 11.2. The van der Waals surface area contributed by atoms with Gasteiger partial charge in [0.05, 0.1) is 18.8 Å². The third kappa shape index (κ3) is 5.30. The van der Waals surface area contributed by atoms with Crippen LogP contribution in [-0.4, -0.2) is 37.8 Å². The van der Waals surface area contributed by atoms with Crippen molar-refractivity contribution in [3.63, 3.8) is 0 Å². The summed E-state index contributed by atoms with van der Waals surface area (Å²) in [7, 11) is 1.71. The molecular weight excluding hydrogens is 218 g/mol. The lowest BCUT2D eigenvalue weighted by Crippen LogP contribution is -2.37. The zero-order chi connectivity index (χ0) is 12.7. The molecule has 0 bridgehead atoms. The minimum absolute atomic E-state index is 0.386. The van der Waals surface area contributed by atoms with Crippen LogP contribution in [0, 0.1) is 13.8 Å². The van der Waals surface area contributed by atoms with E-state index in [0.717, 1.165) is 43.6 Å². The molecule has 0 aliphatic rings. The first-order valence-corrected chi connectivity index (χ1v) is 5.99. The minimum Gasteiger partial charge on any atom is -0.444 e. The molecule has 2 N–H and O–H groups in total. The fraction of sp³-hybridized carbons (Fsp3) is 0.750. The van der Waals surface area contributed by atoms with Crippen molar-refractivity contribution < 1.29 is 9.15 Å². The molecule has 0 saturated heterocycles. The molecule has 1 aromatic rings. The quantitative estimate of drug-likeness (QED) is 0.665. The summed E-state index contributed by atoms with van der Waals surface area (Å²) in [6.07, 6.45) is 0. The van der Waals surface area contributed by atoms with Crippen molar-refractivity contribution in [2.45, 2.75) is 33.4 Å². The van der Waals surface area contributed by atoms with Gasteiger partial charge in [-0.25, -0.2) is 4.98 Å². The lowest BCUT2D eigenvalue weighted by molar-refractivity contribution is 0.198. The number of hydrogen-bond donors (Lipinski definition) is 2. The topological polar surface area (TPSA) is 59.3 Å². The van der Waals surface area contributed by atoms with Crippen LogP contribution < -0.4 is 10.6 Å². The fourth-order valence-corrected chi connectivity index (χ4v) is 1.57. The van der Waals surface area contributed by atoms with Gasteiger partial charge in [-0.1, -0.05) is 0 Å². The average molecular weight is 241 g/mol. The first-order valence-electron chi connectivity index (χ1n) is 5.99. The molecule has 98 valence electrons.